The third kappa shape index (κ3) is 4.58. The summed E-state index contributed by atoms with van der Waals surface area (Å²) < 4.78 is 10.8. The zero-order chi connectivity index (χ0) is 19.4. The molecule has 0 saturated carbocycles. The molecule has 1 aliphatic carbocycles. The Hall–Kier alpha value is -2.58. The smallest absolute Gasteiger partial charge is 0.247 e. The van der Waals surface area contributed by atoms with Crippen molar-refractivity contribution in [3.8, 4) is 11.5 Å². The maximum Gasteiger partial charge on any atom is 0.247 e. The van der Waals surface area contributed by atoms with Crippen molar-refractivity contribution in [2.45, 2.75) is 43.6 Å². The van der Waals surface area contributed by atoms with E-state index < -0.39 is 30.3 Å². The maximum atomic E-state index is 12.5. The summed E-state index contributed by atoms with van der Waals surface area (Å²) in [6, 6.07) is 6.18. The topological polar surface area (TPSA) is 117 Å². The second-order valence-electron chi connectivity index (χ2n) is 6.67. The number of rotatable bonds is 5. The number of methoxy groups -OCH3 is 1. The Kier molecular flexibility index (Phi) is 5.98. The summed E-state index contributed by atoms with van der Waals surface area (Å²) >= 11 is 0. The number of aliphatic hydroxyl groups is 2. The molecule has 1 aromatic carbocycles. The van der Waals surface area contributed by atoms with Crippen LogP contribution in [0.3, 0.4) is 0 Å². The van der Waals surface area contributed by atoms with E-state index in [9.17, 15) is 19.8 Å². The Labute approximate surface area is 157 Å². The number of nitrogens with one attached hydrogen (secondary N) is 2. The van der Waals surface area contributed by atoms with E-state index in [1.165, 1.54) is 6.08 Å². The van der Waals surface area contributed by atoms with Gasteiger partial charge < -0.3 is 30.3 Å². The molecule has 2 aliphatic rings. The molecule has 4 N–H and O–H groups in total. The van der Waals surface area contributed by atoms with Gasteiger partial charge in [-0.05, 0) is 43.2 Å². The van der Waals surface area contributed by atoms with Crippen LogP contribution in [-0.4, -0.2) is 60.0 Å². The zero-order valence-electron chi connectivity index (χ0n) is 15.1. The monoisotopic (exact) mass is 376 g/mol. The normalized spacial score (nSPS) is 28.0. The zero-order valence-corrected chi connectivity index (χ0v) is 15.1. The average molecular weight is 376 g/mol. The van der Waals surface area contributed by atoms with Crippen molar-refractivity contribution in [1.29, 1.82) is 0 Å². The van der Waals surface area contributed by atoms with Crippen LogP contribution in [-0.2, 0) is 9.59 Å². The van der Waals surface area contributed by atoms with Gasteiger partial charge in [0.2, 0.25) is 11.8 Å². The first-order chi connectivity index (χ1) is 13.0. The van der Waals surface area contributed by atoms with Crippen LogP contribution >= 0.6 is 0 Å². The van der Waals surface area contributed by atoms with E-state index in [-0.39, 0.29) is 17.9 Å². The SMILES string of the molecule is COc1ccc(OC2C=C(C(=O)NC3CCCNC3=O)CC(O)C2O)cc1. The van der Waals surface area contributed by atoms with Crippen molar-refractivity contribution in [3.05, 3.63) is 35.9 Å². The highest BCUT2D eigenvalue weighted by atomic mass is 16.5. The molecule has 0 radical (unpaired) electrons. The van der Waals surface area contributed by atoms with Crippen LogP contribution in [0.15, 0.2) is 35.9 Å². The summed E-state index contributed by atoms with van der Waals surface area (Å²) in [5.41, 5.74) is 0.282. The predicted octanol–water partition coefficient (Wildman–Crippen LogP) is -0.111. The molecule has 0 bridgehead atoms. The summed E-state index contributed by atoms with van der Waals surface area (Å²) in [4.78, 5) is 24.3. The second-order valence-corrected chi connectivity index (χ2v) is 6.67. The highest BCUT2D eigenvalue weighted by Crippen LogP contribution is 2.25. The van der Waals surface area contributed by atoms with Gasteiger partial charge in [0.15, 0.2) is 0 Å². The third-order valence-electron chi connectivity index (χ3n) is 4.74. The van der Waals surface area contributed by atoms with Crippen LogP contribution in [0.25, 0.3) is 0 Å². The Morgan fingerprint density at radius 2 is 1.93 bits per heavy atom. The van der Waals surface area contributed by atoms with Crippen LogP contribution in [0.1, 0.15) is 19.3 Å². The molecule has 0 aromatic heterocycles. The number of benzene rings is 1. The number of carbonyl (C=O) groups excluding carboxylic acids is 2. The number of piperidine rings is 1. The molecule has 4 unspecified atom stereocenters. The van der Waals surface area contributed by atoms with Crippen molar-refractivity contribution < 1.29 is 29.3 Å². The first kappa shape index (κ1) is 19.2. The molecule has 1 aromatic rings. The minimum atomic E-state index is -1.17. The van der Waals surface area contributed by atoms with Gasteiger partial charge in [-0.15, -0.1) is 0 Å². The highest BCUT2D eigenvalue weighted by molar-refractivity contribution is 5.97. The van der Waals surface area contributed by atoms with Crippen LogP contribution in [0, 0.1) is 0 Å². The van der Waals surface area contributed by atoms with Gasteiger partial charge in [0.1, 0.15) is 29.7 Å². The minimum Gasteiger partial charge on any atom is -0.497 e. The molecule has 8 heteroatoms. The lowest BCUT2D eigenvalue weighted by molar-refractivity contribution is -0.129. The Bertz CT molecular complexity index is 717. The van der Waals surface area contributed by atoms with Crippen LogP contribution in [0.2, 0.25) is 0 Å². The predicted molar refractivity (Wildman–Crippen MR) is 96.3 cm³/mol. The fourth-order valence-corrected chi connectivity index (χ4v) is 3.17. The molecule has 4 atom stereocenters. The number of aliphatic hydroxyl groups excluding tert-OH is 2. The average Bonchev–Trinajstić information content (AvgIpc) is 2.67. The molecule has 2 amide bonds. The van der Waals surface area contributed by atoms with Gasteiger partial charge in [-0.3, -0.25) is 9.59 Å². The van der Waals surface area contributed by atoms with E-state index in [1.807, 2.05) is 0 Å². The lowest BCUT2D eigenvalue weighted by Gasteiger charge is -2.31. The van der Waals surface area contributed by atoms with Gasteiger partial charge in [0.05, 0.1) is 13.2 Å². The number of hydrogen-bond donors (Lipinski definition) is 4. The van der Waals surface area contributed by atoms with E-state index in [4.69, 9.17) is 9.47 Å². The largest absolute Gasteiger partial charge is 0.497 e. The summed E-state index contributed by atoms with van der Waals surface area (Å²) in [5, 5.41) is 25.8. The minimum absolute atomic E-state index is 0.0101. The molecule has 1 fully saturated rings. The molecular formula is C19H24N2O6. The molecule has 146 valence electrons. The van der Waals surface area contributed by atoms with Gasteiger partial charge in [0.25, 0.3) is 0 Å². The van der Waals surface area contributed by atoms with E-state index >= 15 is 0 Å². The second kappa shape index (κ2) is 8.41. The van der Waals surface area contributed by atoms with Gasteiger partial charge in [0, 0.05) is 18.5 Å². The van der Waals surface area contributed by atoms with E-state index in [1.54, 1.807) is 31.4 Å². The standard InChI is InChI=1S/C19H24N2O6/c1-26-12-4-6-13(7-5-12)27-16-10-11(9-15(22)17(16)23)18(24)21-14-3-2-8-20-19(14)25/h4-7,10,14-17,22-23H,2-3,8-9H2,1H3,(H,20,25)(H,21,24). The maximum absolute atomic E-state index is 12.5. The van der Waals surface area contributed by atoms with Crippen LogP contribution in [0.4, 0.5) is 0 Å². The van der Waals surface area contributed by atoms with Crippen molar-refractivity contribution >= 4 is 11.8 Å². The fourth-order valence-electron chi connectivity index (χ4n) is 3.17. The summed E-state index contributed by atoms with van der Waals surface area (Å²) in [6.07, 6.45) is -0.340. The molecule has 0 spiro atoms. The first-order valence-corrected chi connectivity index (χ1v) is 8.94. The molecule has 1 heterocycles. The molecule has 3 rings (SSSR count). The molecule has 27 heavy (non-hydrogen) atoms. The van der Waals surface area contributed by atoms with E-state index in [0.717, 1.165) is 6.42 Å². The van der Waals surface area contributed by atoms with Crippen LogP contribution < -0.4 is 20.1 Å². The quantitative estimate of drug-likeness (QED) is 0.570. The molecule has 1 aliphatic heterocycles. The molecule has 8 nitrogen and oxygen atoms in total. The Morgan fingerprint density at radius 3 is 2.59 bits per heavy atom. The van der Waals surface area contributed by atoms with Crippen molar-refractivity contribution in [2.75, 3.05) is 13.7 Å². The van der Waals surface area contributed by atoms with Gasteiger partial charge >= 0.3 is 0 Å². The van der Waals surface area contributed by atoms with Crippen molar-refractivity contribution in [3.63, 3.8) is 0 Å². The highest BCUT2D eigenvalue weighted by Gasteiger charge is 2.35. The molecular weight excluding hydrogens is 352 g/mol. The first-order valence-electron chi connectivity index (χ1n) is 8.94. The fraction of sp³-hybridized carbons (Fsp3) is 0.474. The molecule has 1 saturated heterocycles. The lowest BCUT2D eigenvalue weighted by Crippen LogP contribution is -2.51. The Balaban J connectivity index is 1.71. The Morgan fingerprint density at radius 1 is 1.22 bits per heavy atom. The van der Waals surface area contributed by atoms with E-state index in [2.05, 4.69) is 10.6 Å². The number of ether oxygens (including phenoxy) is 2. The van der Waals surface area contributed by atoms with Gasteiger partial charge in [-0.25, -0.2) is 0 Å². The van der Waals surface area contributed by atoms with Crippen molar-refractivity contribution in [1.82, 2.24) is 10.6 Å². The van der Waals surface area contributed by atoms with Crippen LogP contribution in [0.5, 0.6) is 11.5 Å². The summed E-state index contributed by atoms with van der Waals surface area (Å²) in [6.45, 7) is 0.608. The third-order valence-corrected chi connectivity index (χ3v) is 4.74. The van der Waals surface area contributed by atoms with Gasteiger partial charge in [-0.1, -0.05) is 0 Å². The number of hydrogen-bond acceptors (Lipinski definition) is 6. The number of amides is 2. The van der Waals surface area contributed by atoms with E-state index in [0.29, 0.717) is 24.5 Å². The van der Waals surface area contributed by atoms with Gasteiger partial charge in [-0.2, -0.15) is 0 Å². The summed E-state index contributed by atoms with van der Waals surface area (Å²) in [5.74, 6) is 0.480. The number of carbonyl (C=O) groups is 2. The lowest BCUT2D eigenvalue weighted by atomic mass is 9.91. The summed E-state index contributed by atoms with van der Waals surface area (Å²) in [7, 11) is 1.55. The van der Waals surface area contributed by atoms with Crippen molar-refractivity contribution in [2.24, 2.45) is 0 Å².